The van der Waals surface area contributed by atoms with Crippen LogP contribution in [0.25, 0.3) is 11.4 Å². The van der Waals surface area contributed by atoms with Crippen LogP contribution in [0, 0.1) is 6.92 Å². The van der Waals surface area contributed by atoms with E-state index in [-0.39, 0.29) is 6.04 Å². The third-order valence-corrected chi connectivity index (χ3v) is 5.58. The number of piperazine rings is 1. The maximum atomic E-state index is 12.7. The Hall–Kier alpha value is -2.72. The summed E-state index contributed by atoms with van der Waals surface area (Å²) in [7, 11) is 0. The molecule has 166 valence electrons. The van der Waals surface area contributed by atoms with Crippen LogP contribution in [0.3, 0.4) is 0 Å². The summed E-state index contributed by atoms with van der Waals surface area (Å²) >= 11 is 0. The van der Waals surface area contributed by atoms with E-state index in [9.17, 15) is 13.2 Å². The van der Waals surface area contributed by atoms with E-state index in [1.54, 1.807) is 0 Å². The number of imidazole rings is 1. The second-order valence-electron chi connectivity index (χ2n) is 7.90. The van der Waals surface area contributed by atoms with E-state index < -0.39 is 12.7 Å². The average Bonchev–Trinajstić information content (AvgIpc) is 3.38. The summed E-state index contributed by atoms with van der Waals surface area (Å²) in [6.45, 7) is 6.38. The molecule has 1 saturated heterocycles. The Kier molecular flexibility index (Phi) is 6.10. The van der Waals surface area contributed by atoms with Crippen LogP contribution in [-0.2, 0) is 13.1 Å². The average molecular weight is 434 g/mol. The van der Waals surface area contributed by atoms with Crippen molar-refractivity contribution in [3.05, 3.63) is 53.9 Å². The number of benzene rings is 1. The summed E-state index contributed by atoms with van der Waals surface area (Å²) in [5.74, 6) is 1.56. The molecule has 0 aliphatic carbocycles. The first-order valence-corrected chi connectivity index (χ1v) is 10.2. The van der Waals surface area contributed by atoms with Gasteiger partial charge < -0.3 is 9.09 Å². The largest absolute Gasteiger partial charge is 0.406 e. The van der Waals surface area contributed by atoms with Crippen molar-refractivity contribution in [1.82, 2.24) is 29.5 Å². The standard InChI is InChI=1S/C21H25F3N6O/c1-15-3-5-17(6-4-15)19-26-20(31-27-19)16(2)29-11-9-28(10-12-29)13-18-25-7-8-30(18)14-21(22,23)24/h3-8,16H,9-14H2,1-2H3/t16-/m0/s1. The third-order valence-electron chi connectivity index (χ3n) is 5.58. The van der Waals surface area contributed by atoms with Crippen LogP contribution in [-0.4, -0.2) is 61.8 Å². The molecule has 1 fully saturated rings. The van der Waals surface area contributed by atoms with Crippen molar-refractivity contribution in [3.63, 3.8) is 0 Å². The topological polar surface area (TPSA) is 63.2 Å². The van der Waals surface area contributed by atoms with E-state index in [0.717, 1.165) is 31.7 Å². The van der Waals surface area contributed by atoms with Crippen LogP contribution in [0.2, 0.25) is 0 Å². The van der Waals surface area contributed by atoms with Gasteiger partial charge in [-0.25, -0.2) is 4.98 Å². The second kappa shape index (κ2) is 8.80. The Bertz CT molecular complexity index is 989. The summed E-state index contributed by atoms with van der Waals surface area (Å²) in [6, 6.07) is 7.91. The van der Waals surface area contributed by atoms with E-state index in [1.807, 2.05) is 38.1 Å². The minimum absolute atomic E-state index is 0.0407. The molecule has 0 N–H and O–H groups in total. The van der Waals surface area contributed by atoms with Crippen molar-refractivity contribution in [3.8, 4) is 11.4 Å². The number of nitrogens with zero attached hydrogens (tertiary/aromatic N) is 6. The van der Waals surface area contributed by atoms with Gasteiger partial charge in [0.25, 0.3) is 0 Å². The monoisotopic (exact) mass is 434 g/mol. The Morgan fingerprint density at radius 3 is 2.48 bits per heavy atom. The molecular weight excluding hydrogens is 409 g/mol. The zero-order valence-corrected chi connectivity index (χ0v) is 17.5. The molecule has 0 spiro atoms. The number of rotatable bonds is 6. The molecule has 0 unspecified atom stereocenters. The summed E-state index contributed by atoms with van der Waals surface area (Å²) in [4.78, 5) is 13.0. The lowest BCUT2D eigenvalue weighted by Gasteiger charge is -2.36. The molecule has 0 amide bonds. The molecule has 3 heterocycles. The lowest BCUT2D eigenvalue weighted by Crippen LogP contribution is -2.47. The first-order valence-electron chi connectivity index (χ1n) is 10.2. The molecule has 3 aromatic rings. The fourth-order valence-electron chi connectivity index (χ4n) is 3.72. The molecule has 10 heteroatoms. The van der Waals surface area contributed by atoms with Gasteiger partial charge in [0.15, 0.2) is 0 Å². The molecular formula is C21H25F3N6O. The third kappa shape index (κ3) is 5.31. The van der Waals surface area contributed by atoms with Crippen LogP contribution in [0.1, 0.15) is 30.2 Å². The lowest BCUT2D eigenvalue weighted by molar-refractivity contribution is -0.141. The Balaban J connectivity index is 1.33. The molecule has 1 aliphatic heterocycles. The Morgan fingerprint density at radius 1 is 1.10 bits per heavy atom. The number of hydrogen-bond acceptors (Lipinski definition) is 6. The maximum absolute atomic E-state index is 12.7. The predicted molar refractivity (Wildman–Crippen MR) is 108 cm³/mol. The van der Waals surface area contributed by atoms with Crippen LogP contribution in [0.5, 0.6) is 0 Å². The van der Waals surface area contributed by atoms with Crippen molar-refractivity contribution in [1.29, 1.82) is 0 Å². The SMILES string of the molecule is Cc1ccc(-c2noc([C@H](C)N3CCN(Cc4nccn4CC(F)(F)F)CC3)n2)cc1. The molecule has 31 heavy (non-hydrogen) atoms. The number of alkyl halides is 3. The van der Waals surface area contributed by atoms with Crippen molar-refractivity contribution < 1.29 is 17.7 Å². The highest BCUT2D eigenvalue weighted by atomic mass is 19.4. The van der Waals surface area contributed by atoms with Gasteiger partial charge in [0.2, 0.25) is 11.7 Å². The zero-order valence-electron chi connectivity index (χ0n) is 17.5. The maximum Gasteiger partial charge on any atom is 0.406 e. The fraction of sp³-hybridized carbons (Fsp3) is 0.476. The highest BCUT2D eigenvalue weighted by Gasteiger charge is 2.30. The number of aryl methyl sites for hydroxylation is 1. The molecule has 0 radical (unpaired) electrons. The van der Waals surface area contributed by atoms with Crippen molar-refractivity contribution in [2.24, 2.45) is 0 Å². The van der Waals surface area contributed by atoms with Crippen LogP contribution < -0.4 is 0 Å². The summed E-state index contributed by atoms with van der Waals surface area (Å²) < 4.78 is 44.8. The highest BCUT2D eigenvalue weighted by molar-refractivity contribution is 5.54. The highest BCUT2D eigenvalue weighted by Crippen LogP contribution is 2.24. The molecule has 7 nitrogen and oxygen atoms in total. The molecule has 0 saturated carbocycles. The van der Waals surface area contributed by atoms with Gasteiger partial charge in [-0.2, -0.15) is 18.2 Å². The van der Waals surface area contributed by atoms with E-state index in [2.05, 4.69) is 24.9 Å². The van der Waals surface area contributed by atoms with Crippen molar-refractivity contribution >= 4 is 0 Å². The molecule has 1 aliphatic rings. The normalized spacial score (nSPS) is 17.2. The Morgan fingerprint density at radius 2 is 1.81 bits per heavy atom. The first kappa shape index (κ1) is 21.5. The smallest absolute Gasteiger partial charge is 0.337 e. The fourth-order valence-corrected chi connectivity index (χ4v) is 3.72. The van der Waals surface area contributed by atoms with E-state index in [1.165, 1.54) is 22.5 Å². The van der Waals surface area contributed by atoms with Gasteiger partial charge in [0.1, 0.15) is 12.4 Å². The number of halogens is 3. The second-order valence-corrected chi connectivity index (χ2v) is 7.90. The van der Waals surface area contributed by atoms with E-state index >= 15 is 0 Å². The van der Waals surface area contributed by atoms with E-state index in [0.29, 0.717) is 24.1 Å². The van der Waals surface area contributed by atoms with Crippen molar-refractivity contribution in [2.75, 3.05) is 26.2 Å². The van der Waals surface area contributed by atoms with Gasteiger partial charge in [0, 0.05) is 44.1 Å². The first-order chi connectivity index (χ1) is 14.8. The van der Waals surface area contributed by atoms with Gasteiger partial charge in [-0.05, 0) is 13.8 Å². The zero-order chi connectivity index (χ0) is 22.0. The van der Waals surface area contributed by atoms with E-state index in [4.69, 9.17) is 4.52 Å². The van der Waals surface area contributed by atoms with Gasteiger partial charge in [0.05, 0.1) is 12.6 Å². The van der Waals surface area contributed by atoms with Crippen molar-refractivity contribution in [2.45, 2.75) is 39.2 Å². The lowest BCUT2D eigenvalue weighted by atomic mass is 10.1. The number of hydrogen-bond donors (Lipinski definition) is 0. The predicted octanol–water partition coefficient (Wildman–Crippen LogP) is 3.68. The quantitative estimate of drug-likeness (QED) is 0.590. The van der Waals surface area contributed by atoms with Gasteiger partial charge >= 0.3 is 6.18 Å². The number of aromatic nitrogens is 4. The van der Waals surface area contributed by atoms with Crippen LogP contribution in [0.4, 0.5) is 13.2 Å². The van der Waals surface area contributed by atoms with Gasteiger partial charge in [-0.1, -0.05) is 35.0 Å². The summed E-state index contributed by atoms with van der Waals surface area (Å²) in [6.07, 6.45) is -1.46. The van der Waals surface area contributed by atoms with Crippen LogP contribution >= 0.6 is 0 Å². The van der Waals surface area contributed by atoms with Gasteiger partial charge in [-0.3, -0.25) is 9.80 Å². The van der Waals surface area contributed by atoms with Gasteiger partial charge in [-0.15, -0.1) is 0 Å². The molecule has 4 rings (SSSR count). The minimum Gasteiger partial charge on any atom is -0.337 e. The van der Waals surface area contributed by atoms with Crippen LogP contribution in [0.15, 0.2) is 41.2 Å². The minimum atomic E-state index is -4.26. The Labute approximate surface area is 178 Å². The molecule has 1 atom stereocenters. The molecule has 0 bridgehead atoms. The summed E-state index contributed by atoms with van der Waals surface area (Å²) in [5.41, 5.74) is 2.08. The summed E-state index contributed by atoms with van der Waals surface area (Å²) in [5, 5.41) is 4.11. The molecule has 2 aromatic heterocycles. The molecule has 1 aromatic carbocycles.